The highest BCUT2D eigenvalue weighted by atomic mass is 16.6. The van der Waals surface area contributed by atoms with Crippen molar-refractivity contribution in [2.45, 2.75) is 206 Å². The fourth-order valence-electron chi connectivity index (χ4n) is 13.4. The SMILES string of the molecule is CCOCCC(=O)N1CCN(c2ncc(CNC(=O)CCOCCNC(=O)O[C@@H]3CC[C@@H](C[C@@H](C)[C@@H]4CC(=O)[C@H](C)/C=C(\C)[C@@H](O)[C@@H](OC)C(=O)[C@H](C)C[C@H](C)/C=C/C=C/C=C(\C)[C@@H](OC)C[C@@H]5CC[C@@H](C)[C@@](O)(O5)C(=O)C(=O)N5CCCC[C@H]5C(=O)O4)C[C@H]3OC)cn2)CC1. The van der Waals surface area contributed by atoms with Gasteiger partial charge in [0.1, 0.15) is 36.2 Å². The van der Waals surface area contributed by atoms with Crippen LogP contribution in [0.2, 0.25) is 0 Å². The standard InChI is InChI=1S/C71H109N7O18/c1-12-92-34-26-62(81)76-29-31-77(32-30-76)69-74-43-53(44-75-69)42-73-61(80)25-33-93-35-27-72-70(87)95-57-24-22-52(39-60(57)90-10)38-48(5)59-41-56(79)47(4)37-50(7)64(83)65(91-11)63(82)49(6)36-45(2)18-14-13-15-19-46(3)58(89-9)40-54-23-21-51(8)71(88,96-54)66(84)67(85)78-28-17-16-20-55(78)68(86)94-59/h13-15,18-19,37,43-45,47-49,51-52,54-55,57-60,64-65,83,88H,12,16-17,20-36,38-42H2,1-11H3,(H,72,87)(H,73,80)/b15-13+,18-14+,46-19+,50-37+/t45-,47-,48-,49-,51-,52+,54+,55+,57-,58+,59+,60-,64-,65+,71-/m1/s1. The molecule has 2 bridgehead atoms. The molecule has 4 N–H and O–H groups in total. The average molecular weight is 1350 g/mol. The van der Waals surface area contributed by atoms with Gasteiger partial charge in [0.25, 0.3) is 11.7 Å². The number of aromatic nitrogens is 2. The maximum absolute atomic E-state index is 14.7. The van der Waals surface area contributed by atoms with Gasteiger partial charge in [-0.25, -0.2) is 19.6 Å². The van der Waals surface area contributed by atoms with Crippen LogP contribution in [0.3, 0.4) is 0 Å². The summed E-state index contributed by atoms with van der Waals surface area (Å²) < 4.78 is 46.8. The Labute approximate surface area is 567 Å². The van der Waals surface area contributed by atoms with E-state index >= 15 is 0 Å². The first-order chi connectivity index (χ1) is 45.9. The van der Waals surface area contributed by atoms with Crippen molar-refractivity contribution in [2.75, 3.05) is 91.9 Å². The van der Waals surface area contributed by atoms with Crippen molar-refractivity contribution in [2.24, 2.45) is 35.5 Å². The zero-order chi connectivity index (χ0) is 70.1. The zero-order valence-electron chi connectivity index (χ0n) is 58.5. The Morgan fingerprint density at radius 2 is 1.52 bits per heavy atom. The number of anilines is 1. The Balaban J connectivity index is 1.05. The lowest BCUT2D eigenvalue weighted by atomic mass is 9.78. The molecule has 1 aromatic heterocycles. The summed E-state index contributed by atoms with van der Waals surface area (Å²) in [5, 5.41) is 29.3. The van der Waals surface area contributed by atoms with E-state index in [1.54, 1.807) is 53.3 Å². The summed E-state index contributed by atoms with van der Waals surface area (Å²) >= 11 is 0. The Hall–Kier alpha value is -6.32. The van der Waals surface area contributed by atoms with Crippen LogP contribution in [0.15, 0.2) is 60.0 Å². The second-order valence-electron chi connectivity index (χ2n) is 26.7. The molecule has 25 nitrogen and oxygen atoms in total. The number of ketones is 3. The number of nitrogens with zero attached hydrogens (tertiary/aromatic N) is 5. The quantitative estimate of drug-likeness (QED) is 0.0468. The Bertz CT molecular complexity index is 2840. The van der Waals surface area contributed by atoms with Crippen molar-refractivity contribution in [3.8, 4) is 0 Å². The number of cyclic esters (lactones) is 1. The van der Waals surface area contributed by atoms with Crippen molar-refractivity contribution >= 4 is 53.1 Å². The van der Waals surface area contributed by atoms with Crippen LogP contribution >= 0.6 is 0 Å². The molecule has 3 saturated heterocycles. The van der Waals surface area contributed by atoms with Gasteiger partial charge in [-0.1, -0.05) is 71.1 Å². The number of alkyl carbamates (subject to hydrolysis) is 1. The molecule has 4 aliphatic heterocycles. The van der Waals surface area contributed by atoms with Crippen molar-refractivity contribution in [1.82, 2.24) is 30.4 Å². The topological polar surface area (TPSA) is 310 Å². The van der Waals surface area contributed by atoms with Crippen LogP contribution in [0.4, 0.5) is 10.7 Å². The predicted octanol–water partition coefficient (Wildman–Crippen LogP) is 6.50. The Kier molecular flexibility index (Phi) is 32.2. The summed E-state index contributed by atoms with van der Waals surface area (Å²) in [6, 6.07) is -1.21. The fraction of sp³-hybridized carbons (Fsp3) is 0.718. The van der Waals surface area contributed by atoms with Gasteiger partial charge < -0.3 is 73.4 Å². The number of amides is 4. The average Bonchev–Trinajstić information content (AvgIpc) is 0.784. The van der Waals surface area contributed by atoms with E-state index in [-0.39, 0.29) is 93.7 Å². The molecular weight excluding hydrogens is 1240 g/mol. The largest absolute Gasteiger partial charge is 0.460 e. The second-order valence-corrected chi connectivity index (χ2v) is 26.7. The van der Waals surface area contributed by atoms with Crippen molar-refractivity contribution in [3.05, 3.63) is 65.6 Å². The lowest BCUT2D eigenvalue weighted by Gasteiger charge is -2.42. The van der Waals surface area contributed by atoms with Crippen LogP contribution in [-0.4, -0.2) is 219 Å². The van der Waals surface area contributed by atoms with E-state index in [9.17, 15) is 48.6 Å². The number of Topliss-reactive ketones (excluding diaryl/α,β-unsaturated/α-hetero) is 3. The van der Waals surface area contributed by atoms with Crippen LogP contribution in [0.1, 0.15) is 151 Å². The lowest BCUT2D eigenvalue weighted by molar-refractivity contribution is -0.265. The van der Waals surface area contributed by atoms with Gasteiger partial charge in [0.2, 0.25) is 23.5 Å². The molecule has 1 aromatic rings. The van der Waals surface area contributed by atoms with E-state index in [0.29, 0.717) is 115 Å². The number of carbonyl (C=O) groups is 8. The molecule has 4 amide bonds. The molecule has 5 aliphatic rings. The van der Waals surface area contributed by atoms with Gasteiger partial charge in [-0.05, 0) is 114 Å². The van der Waals surface area contributed by atoms with Crippen LogP contribution in [0, 0.1) is 35.5 Å². The minimum Gasteiger partial charge on any atom is -0.460 e. The molecule has 6 rings (SSSR count). The van der Waals surface area contributed by atoms with Crippen molar-refractivity contribution in [3.63, 3.8) is 0 Å². The molecule has 1 saturated carbocycles. The summed E-state index contributed by atoms with van der Waals surface area (Å²) in [6.07, 6.45) is 12.9. The first-order valence-corrected chi connectivity index (χ1v) is 34.6. The monoisotopic (exact) mass is 1350 g/mol. The fourth-order valence-corrected chi connectivity index (χ4v) is 13.4. The van der Waals surface area contributed by atoms with Gasteiger partial charge in [0.15, 0.2) is 5.78 Å². The van der Waals surface area contributed by atoms with Crippen LogP contribution in [0.25, 0.3) is 0 Å². The summed E-state index contributed by atoms with van der Waals surface area (Å²) in [7, 11) is 4.47. The summed E-state index contributed by atoms with van der Waals surface area (Å²) in [5.41, 5.74) is 1.93. The first kappa shape index (κ1) is 78.7. The predicted molar refractivity (Wildman–Crippen MR) is 357 cm³/mol. The maximum atomic E-state index is 14.7. The van der Waals surface area contributed by atoms with Gasteiger partial charge in [0, 0.05) is 129 Å². The van der Waals surface area contributed by atoms with Gasteiger partial charge in [-0.2, -0.15) is 0 Å². The number of esters is 1. The number of piperidine rings is 1. The van der Waals surface area contributed by atoms with Gasteiger partial charge in [-0.3, -0.25) is 28.8 Å². The molecular formula is C71H109N7O18. The number of methoxy groups -OCH3 is 3. The van der Waals surface area contributed by atoms with Crippen LogP contribution in [-0.2, 0) is 78.0 Å². The highest BCUT2D eigenvalue weighted by molar-refractivity contribution is 6.39. The van der Waals surface area contributed by atoms with Crippen molar-refractivity contribution in [1.29, 1.82) is 0 Å². The number of ether oxygens (including phenoxy) is 8. The molecule has 4 fully saturated rings. The molecule has 25 heteroatoms. The number of allylic oxidation sites excluding steroid dienone is 6. The third-order valence-electron chi connectivity index (χ3n) is 19.5. The molecule has 96 heavy (non-hydrogen) atoms. The third kappa shape index (κ3) is 23.2. The number of aliphatic hydroxyl groups excluding tert-OH is 1. The minimum absolute atomic E-state index is 0.0172. The maximum Gasteiger partial charge on any atom is 0.407 e. The highest BCUT2D eigenvalue weighted by Gasteiger charge is 2.53. The summed E-state index contributed by atoms with van der Waals surface area (Å²) in [6.45, 7) is 18.4. The Morgan fingerprint density at radius 3 is 2.22 bits per heavy atom. The van der Waals surface area contributed by atoms with E-state index in [4.69, 9.17) is 37.9 Å². The smallest absolute Gasteiger partial charge is 0.407 e. The first-order valence-electron chi connectivity index (χ1n) is 34.6. The molecule has 536 valence electrons. The number of fused-ring (bicyclic) bond motifs is 3. The summed E-state index contributed by atoms with van der Waals surface area (Å²) in [4.78, 5) is 124. The zero-order valence-corrected chi connectivity index (χ0v) is 58.5. The van der Waals surface area contributed by atoms with Gasteiger partial charge in [0.05, 0.1) is 44.6 Å². The number of hydrogen-bond acceptors (Lipinski definition) is 21. The van der Waals surface area contributed by atoms with E-state index in [2.05, 4.69) is 20.6 Å². The van der Waals surface area contributed by atoms with Gasteiger partial charge in [-0.15, -0.1) is 0 Å². The number of hydrogen-bond donors (Lipinski definition) is 4. The third-order valence-corrected chi connectivity index (χ3v) is 19.5. The summed E-state index contributed by atoms with van der Waals surface area (Å²) in [5.74, 6) is -8.30. The molecule has 0 radical (unpaired) electrons. The molecule has 1 aliphatic carbocycles. The second kappa shape index (κ2) is 39.3. The van der Waals surface area contributed by atoms with E-state index in [1.165, 1.54) is 19.1 Å². The number of aliphatic hydroxyl groups is 2. The number of nitrogens with one attached hydrogen (secondary N) is 2. The minimum atomic E-state index is -2.48. The van der Waals surface area contributed by atoms with E-state index in [0.717, 1.165) is 11.1 Å². The van der Waals surface area contributed by atoms with Crippen LogP contribution in [0.5, 0.6) is 0 Å². The molecule has 0 spiro atoms. The highest BCUT2D eigenvalue weighted by Crippen LogP contribution is 2.38. The lowest BCUT2D eigenvalue weighted by Crippen LogP contribution is -2.61. The normalized spacial score (nSPS) is 31.9. The van der Waals surface area contributed by atoms with Crippen molar-refractivity contribution < 1.29 is 86.5 Å². The molecule has 15 atom stereocenters. The number of rotatable bonds is 20. The number of piperazine rings is 1. The molecule has 0 unspecified atom stereocenters. The van der Waals surface area contributed by atoms with Crippen LogP contribution < -0.4 is 15.5 Å². The van der Waals surface area contributed by atoms with E-state index < -0.39 is 102 Å². The van der Waals surface area contributed by atoms with Gasteiger partial charge >= 0.3 is 12.1 Å². The van der Waals surface area contributed by atoms with E-state index in [1.807, 2.05) is 67.9 Å². The molecule has 0 aromatic carbocycles. The molecule has 5 heterocycles. The number of carbonyl (C=O) groups excluding carboxylic acids is 8. The Morgan fingerprint density at radius 1 is 0.792 bits per heavy atom.